The predicted octanol–water partition coefficient (Wildman–Crippen LogP) is -1.22. The minimum absolute atomic E-state index is 0.0182. The topological polar surface area (TPSA) is 251 Å². The van der Waals surface area contributed by atoms with Crippen LogP contribution in [-0.2, 0) is 41.6 Å². The molecule has 0 spiro atoms. The molecule has 10 N–H and O–H groups in total. The molecule has 14 heteroatoms. The molecule has 0 bridgehead atoms. The molecule has 0 saturated heterocycles. The molecule has 220 valence electrons. The quantitative estimate of drug-likeness (QED) is 0.119. The Morgan fingerprint density at radius 3 is 1.80 bits per heavy atom. The Labute approximate surface area is 235 Å². The third-order valence-electron chi connectivity index (χ3n) is 5.95. The summed E-state index contributed by atoms with van der Waals surface area (Å²) >= 11 is 0. The van der Waals surface area contributed by atoms with Crippen LogP contribution in [0.1, 0.15) is 30.4 Å². The number of benzene rings is 2. The number of aromatic hydroxyl groups is 1. The summed E-state index contributed by atoms with van der Waals surface area (Å²) in [6.07, 6.45) is -1.58. The van der Waals surface area contributed by atoms with Crippen LogP contribution < -0.4 is 27.4 Å². The summed E-state index contributed by atoms with van der Waals surface area (Å²) in [5, 5.41) is 35.1. The van der Waals surface area contributed by atoms with Crippen LogP contribution in [0, 0.1) is 0 Å². The second-order valence-corrected chi connectivity index (χ2v) is 9.29. The second-order valence-electron chi connectivity index (χ2n) is 9.29. The third-order valence-corrected chi connectivity index (χ3v) is 5.95. The van der Waals surface area contributed by atoms with Gasteiger partial charge in [0.05, 0.1) is 12.5 Å². The lowest BCUT2D eigenvalue weighted by Crippen LogP contribution is -2.58. The molecule has 2 aromatic rings. The highest BCUT2D eigenvalue weighted by Crippen LogP contribution is 2.11. The van der Waals surface area contributed by atoms with Gasteiger partial charge < -0.3 is 42.7 Å². The van der Waals surface area contributed by atoms with Crippen LogP contribution in [0.3, 0.4) is 0 Å². The second kappa shape index (κ2) is 15.6. The number of hydrogen-bond acceptors (Lipinski definition) is 8. The molecule has 0 aliphatic heterocycles. The van der Waals surface area contributed by atoms with E-state index in [1.54, 1.807) is 42.5 Å². The van der Waals surface area contributed by atoms with Gasteiger partial charge in [0.25, 0.3) is 0 Å². The van der Waals surface area contributed by atoms with Gasteiger partial charge in [-0.05, 0) is 36.1 Å². The molecule has 4 amide bonds. The van der Waals surface area contributed by atoms with Crippen molar-refractivity contribution in [3.8, 4) is 5.75 Å². The van der Waals surface area contributed by atoms with Crippen molar-refractivity contribution >= 4 is 35.6 Å². The number of aliphatic carboxylic acids is 2. The Bertz CT molecular complexity index is 1240. The van der Waals surface area contributed by atoms with Gasteiger partial charge in [0, 0.05) is 12.8 Å². The van der Waals surface area contributed by atoms with Gasteiger partial charge >= 0.3 is 11.9 Å². The lowest BCUT2D eigenvalue weighted by Gasteiger charge is -2.24. The fourth-order valence-electron chi connectivity index (χ4n) is 3.79. The van der Waals surface area contributed by atoms with Crippen LogP contribution in [0.15, 0.2) is 54.6 Å². The van der Waals surface area contributed by atoms with E-state index in [1.165, 1.54) is 12.1 Å². The normalized spacial score (nSPS) is 13.6. The molecule has 0 heterocycles. The van der Waals surface area contributed by atoms with Crippen molar-refractivity contribution in [3.05, 3.63) is 65.7 Å². The van der Waals surface area contributed by atoms with Gasteiger partial charge in [-0.1, -0.05) is 42.5 Å². The Kier molecular flexibility index (Phi) is 12.2. The van der Waals surface area contributed by atoms with Gasteiger partial charge in [0.15, 0.2) is 0 Å². The molecule has 2 aromatic carbocycles. The first-order valence-corrected chi connectivity index (χ1v) is 12.6. The number of carboxylic acid groups (broad SMARTS) is 2. The summed E-state index contributed by atoms with van der Waals surface area (Å²) in [5.41, 5.74) is 12.4. The summed E-state index contributed by atoms with van der Waals surface area (Å²) in [6.45, 7) is 0. The Morgan fingerprint density at radius 1 is 0.707 bits per heavy atom. The number of hydrogen-bond donors (Lipinski definition) is 8. The van der Waals surface area contributed by atoms with Crippen molar-refractivity contribution in [2.75, 3.05) is 0 Å². The van der Waals surface area contributed by atoms with E-state index < -0.39 is 66.2 Å². The molecule has 41 heavy (non-hydrogen) atoms. The Hall–Kier alpha value is -4.98. The Balaban J connectivity index is 2.15. The minimum atomic E-state index is -1.71. The van der Waals surface area contributed by atoms with Crippen molar-refractivity contribution in [1.29, 1.82) is 0 Å². The maximum atomic E-state index is 13.1. The van der Waals surface area contributed by atoms with Gasteiger partial charge in [-0.15, -0.1) is 0 Å². The van der Waals surface area contributed by atoms with Crippen LogP contribution in [-0.4, -0.2) is 75.1 Å². The highest BCUT2D eigenvalue weighted by molar-refractivity contribution is 5.95. The standard InChI is InChI=1S/C27H33N5O9/c28-18(12-16-6-8-17(33)9-7-16)24(37)30-19(10-11-22(29)34)25(38)31-20(14-23(35)36)26(39)32-21(27(40)41)13-15-4-2-1-3-5-15/h1-9,18-21,33H,10-14,28H2,(H2,29,34)(H,30,37)(H,31,38)(H,32,39)(H,35,36)(H,40,41). The lowest BCUT2D eigenvalue weighted by atomic mass is 10.0. The fraction of sp³-hybridized carbons (Fsp3) is 0.333. The number of primary amides is 1. The van der Waals surface area contributed by atoms with Gasteiger partial charge in [0.2, 0.25) is 23.6 Å². The molecule has 0 aliphatic carbocycles. The maximum Gasteiger partial charge on any atom is 0.326 e. The summed E-state index contributed by atoms with van der Waals surface area (Å²) in [4.78, 5) is 73.3. The van der Waals surface area contributed by atoms with Gasteiger partial charge in [0.1, 0.15) is 23.9 Å². The summed E-state index contributed by atoms with van der Waals surface area (Å²) in [7, 11) is 0. The number of carbonyl (C=O) groups is 6. The summed E-state index contributed by atoms with van der Waals surface area (Å²) in [5.74, 6) is -6.47. The van der Waals surface area contributed by atoms with Crippen molar-refractivity contribution < 1.29 is 44.1 Å². The van der Waals surface area contributed by atoms with E-state index in [-0.39, 0.29) is 31.4 Å². The van der Waals surface area contributed by atoms with Crippen molar-refractivity contribution in [1.82, 2.24) is 16.0 Å². The molecule has 4 atom stereocenters. The molecule has 4 unspecified atom stereocenters. The van der Waals surface area contributed by atoms with Crippen LogP contribution in [0.5, 0.6) is 5.75 Å². The first kappa shape index (κ1) is 32.2. The number of carboxylic acids is 2. The number of rotatable bonds is 16. The molecule has 0 fully saturated rings. The summed E-state index contributed by atoms with van der Waals surface area (Å²) in [6, 6.07) is 8.60. The molecular weight excluding hydrogens is 538 g/mol. The molecule has 2 rings (SSSR count). The Morgan fingerprint density at radius 2 is 1.24 bits per heavy atom. The molecule has 0 radical (unpaired) electrons. The SMILES string of the molecule is NC(=O)CCC(NC(=O)C(N)Cc1ccc(O)cc1)C(=O)NC(CC(=O)O)C(=O)NC(Cc1ccccc1)C(=O)O. The minimum Gasteiger partial charge on any atom is -0.508 e. The van der Waals surface area contributed by atoms with E-state index in [0.29, 0.717) is 11.1 Å². The smallest absolute Gasteiger partial charge is 0.326 e. The summed E-state index contributed by atoms with van der Waals surface area (Å²) < 4.78 is 0. The molecule has 14 nitrogen and oxygen atoms in total. The molecule has 0 aliphatic rings. The van der Waals surface area contributed by atoms with Crippen LogP contribution >= 0.6 is 0 Å². The van der Waals surface area contributed by atoms with E-state index in [2.05, 4.69) is 16.0 Å². The zero-order valence-corrected chi connectivity index (χ0v) is 22.0. The molecule has 0 saturated carbocycles. The van der Waals surface area contributed by atoms with Crippen molar-refractivity contribution in [2.45, 2.75) is 56.3 Å². The molecular formula is C27H33N5O9. The van der Waals surface area contributed by atoms with E-state index in [4.69, 9.17) is 11.5 Å². The van der Waals surface area contributed by atoms with Crippen LogP contribution in [0.25, 0.3) is 0 Å². The maximum absolute atomic E-state index is 13.1. The van der Waals surface area contributed by atoms with Gasteiger partial charge in [-0.2, -0.15) is 0 Å². The number of amides is 4. The van der Waals surface area contributed by atoms with E-state index in [9.17, 15) is 44.1 Å². The lowest BCUT2D eigenvalue weighted by molar-refractivity contribution is -0.143. The largest absolute Gasteiger partial charge is 0.508 e. The molecule has 0 aromatic heterocycles. The average Bonchev–Trinajstić information content (AvgIpc) is 2.91. The van der Waals surface area contributed by atoms with Gasteiger partial charge in [-0.3, -0.25) is 24.0 Å². The third kappa shape index (κ3) is 11.3. The number of nitrogens with one attached hydrogen (secondary N) is 3. The number of phenolic OH excluding ortho intramolecular Hbond substituents is 1. The number of nitrogens with two attached hydrogens (primary N) is 2. The predicted molar refractivity (Wildman–Crippen MR) is 144 cm³/mol. The van der Waals surface area contributed by atoms with Crippen molar-refractivity contribution in [2.24, 2.45) is 11.5 Å². The van der Waals surface area contributed by atoms with Gasteiger partial charge in [-0.25, -0.2) is 4.79 Å². The fourth-order valence-corrected chi connectivity index (χ4v) is 3.79. The van der Waals surface area contributed by atoms with E-state index in [1.807, 2.05) is 0 Å². The monoisotopic (exact) mass is 571 g/mol. The van der Waals surface area contributed by atoms with E-state index >= 15 is 0 Å². The van der Waals surface area contributed by atoms with E-state index in [0.717, 1.165) is 0 Å². The number of phenols is 1. The highest BCUT2D eigenvalue weighted by Gasteiger charge is 2.32. The average molecular weight is 572 g/mol. The zero-order chi connectivity index (χ0) is 30.5. The highest BCUT2D eigenvalue weighted by atomic mass is 16.4. The number of carbonyl (C=O) groups excluding carboxylic acids is 4. The van der Waals surface area contributed by atoms with Crippen LogP contribution in [0.4, 0.5) is 0 Å². The first-order chi connectivity index (χ1) is 19.3. The zero-order valence-electron chi connectivity index (χ0n) is 22.0. The van der Waals surface area contributed by atoms with Crippen molar-refractivity contribution in [3.63, 3.8) is 0 Å². The van der Waals surface area contributed by atoms with Crippen LogP contribution in [0.2, 0.25) is 0 Å². The first-order valence-electron chi connectivity index (χ1n) is 12.6.